The van der Waals surface area contributed by atoms with Crippen LogP contribution in [0, 0.1) is 18.2 Å². The first-order valence-electron chi connectivity index (χ1n) is 14.2. The molecule has 2 aliphatic rings. The fourth-order valence-electron chi connectivity index (χ4n) is 5.94. The summed E-state index contributed by atoms with van der Waals surface area (Å²) in [5.41, 5.74) is 2.89. The predicted molar refractivity (Wildman–Crippen MR) is 162 cm³/mol. The molecule has 0 bridgehead atoms. The lowest BCUT2D eigenvalue weighted by molar-refractivity contribution is -0.118. The van der Waals surface area contributed by atoms with Crippen molar-refractivity contribution in [3.63, 3.8) is 0 Å². The number of fused-ring (bicyclic) bond motifs is 1. The summed E-state index contributed by atoms with van der Waals surface area (Å²) < 4.78 is 22.1. The number of pyridine rings is 1. The van der Waals surface area contributed by atoms with Gasteiger partial charge in [-0.05, 0) is 60.2 Å². The quantitative estimate of drug-likeness (QED) is 0.243. The summed E-state index contributed by atoms with van der Waals surface area (Å²) in [6.45, 7) is 6.00. The summed E-state index contributed by atoms with van der Waals surface area (Å²) >= 11 is 0. The monoisotopic (exact) mass is 577 g/mol. The Kier molecular flexibility index (Phi) is 7.22. The lowest BCUT2D eigenvalue weighted by atomic mass is 9.73. The van der Waals surface area contributed by atoms with Gasteiger partial charge in [-0.15, -0.1) is 0 Å². The number of ether oxygens (including phenoxy) is 1. The highest BCUT2D eigenvalue weighted by atomic mass is 19.1. The van der Waals surface area contributed by atoms with E-state index < -0.39 is 17.8 Å². The van der Waals surface area contributed by atoms with Crippen LogP contribution in [-0.2, 0) is 11.4 Å². The molecule has 1 amide bonds. The van der Waals surface area contributed by atoms with Gasteiger partial charge in [-0.3, -0.25) is 19.5 Å². The number of hydrogen-bond donors (Lipinski definition) is 2. The molecule has 2 heterocycles. The lowest BCUT2D eigenvalue weighted by Crippen LogP contribution is -2.40. The number of allylic oxidation sites excluding steroid dienone is 1. The number of para-hydroxylation sites is 1. The van der Waals surface area contributed by atoms with Crippen LogP contribution in [0.1, 0.15) is 59.9 Å². The zero-order chi connectivity index (χ0) is 30.3. The maximum Gasteiger partial charge on any atom is 0.278 e. The Balaban J connectivity index is 1.54. The van der Waals surface area contributed by atoms with Gasteiger partial charge in [-0.25, -0.2) is 4.39 Å². The minimum Gasteiger partial charge on any atom is -0.506 e. The third-order valence-electron chi connectivity index (χ3n) is 7.95. The summed E-state index contributed by atoms with van der Waals surface area (Å²) in [5.74, 6) is -1.12. The molecule has 7 nitrogen and oxygen atoms in total. The van der Waals surface area contributed by atoms with Gasteiger partial charge in [0, 0.05) is 35.5 Å². The molecule has 6 rings (SSSR count). The highest BCUT2D eigenvalue weighted by molar-refractivity contribution is 6.12. The summed E-state index contributed by atoms with van der Waals surface area (Å²) in [4.78, 5) is 34.2. The molecule has 218 valence electrons. The Morgan fingerprint density at radius 2 is 1.86 bits per heavy atom. The van der Waals surface area contributed by atoms with Gasteiger partial charge >= 0.3 is 0 Å². The van der Waals surface area contributed by atoms with Gasteiger partial charge in [-0.1, -0.05) is 56.3 Å². The number of rotatable bonds is 5. The van der Waals surface area contributed by atoms with Crippen molar-refractivity contribution in [1.82, 2.24) is 4.98 Å². The summed E-state index contributed by atoms with van der Waals surface area (Å²) in [7, 11) is 0. The molecule has 1 atom stereocenters. The second kappa shape index (κ2) is 11.0. The number of halogens is 1. The van der Waals surface area contributed by atoms with Gasteiger partial charge in [-0.2, -0.15) is 0 Å². The van der Waals surface area contributed by atoms with Crippen LogP contribution in [0.15, 0.2) is 96.3 Å². The van der Waals surface area contributed by atoms with E-state index in [0.29, 0.717) is 29.1 Å². The average molecular weight is 578 g/mol. The van der Waals surface area contributed by atoms with Crippen LogP contribution in [0.5, 0.6) is 11.5 Å². The molecule has 1 aromatic heterocycles. The minimum atomic E-state index is -1.13. The molecule has 0 saturated carbocycles. The van der Waals surface area contributed by atoms with Crippen LogP contribution in [0.4, 0.5) is 15.8 Å². The molecule has 0 radical (unpaired) electrons. The van der Waals surface area contributed by atoms with Crippen molar-refractivity contribution in [2.24, 2.45) is 5.41 Å². The van der Waals surface area contributed by atoms with Crippen LogP contribution in [-0.4, -0.2) is 21.8 Å². The van der Waals surface area contributed by atoms with E-state index in [0.717, 1.165) is 5.56 Å². The third kappa shape index (κ3) is 5.36. The van der Waals surface area contributed by atoms with E-state index in [4.69, 9.17) is 4.74 Å². The molecule has 8 heteroatoms. The molecular formula is C35H32FN3O4. The predicted octanol–water partition coefficient (Wildman–Crippen LogP) is 7.27. The minimum absolute atomic E-state index is 0.0958. The first-order valence-corrected chi connectivity index (χ1v) is 14.2. The zero-order valence-electron chi connectivity index (χ0n) is 24.2. The fourth-order valence-corrected chi connectivity index (χ4v) is 5.94. The normalized spacial score (nSPS) is 17.4. The zero-order valence-corrected chi connectivity index (χ0v) is 24.2. The third-order valence-corrected chi connectivity index (χ3v) is 7.95. The number of carbonyl (C=O) groups excluding carboxylic acids is 2. The molecule has 1 unspecified atom stereocenters. The number of phenolic OH excluding ortho intramolecular Hbond substituents is 1. The van der Waals surface area contributed by atoms with Gasteiger partial charge in [0.1, 0.15) is 35.3 Å². The van der Waals surface area contributed by atoms with Crippen molar-refractivity contribution < 1.29 is 23.8 Å². The number of anilines is 2. The fraction of sp³-hybridized carbons (Fsp3) is 0.229. The number of benzene rings is 3. The number of aryl methyl sites for hydroxylation is 1. The molecule has 0 spiro atoms. The van der Waals surface area contributed by atoms with Gasteiger partial charge < -0.3 is 15.2 Å². The number of amides is 1. The van der Waals surface area contributed by atoms with E-state index >= 15 is 4.39 Å². The highest BCUT2D eigenvalue weighted by Crippen LogP contribution is 2.51. The van der Waals surface area contributed by atoms with E-state index in [1.807, 2.05) is 44.2 Å². The van der Waals surface area contributed by atoms with Crippen molar-refractivity contribution in [3.8, 4) is 11.5 Å². The van der Waals surface area contributed by atoms with Crippen LogP contribution >= 0.6 is 0 Å². The Morgan fingerprint density at radius 3 is 2.60 bits per heavy atom. The van der Waals surface area contributed by atoms with E-state index in [1.54, 1.807) is 43.3 Å². The van der Waals surface area contributed by atoms with Crippen molar-refractivity contribution >= 4 is 23.1 Å². The number of nitrogens with zero attached hydrogens (tertiary/aromatic N) is 2. The number of Topliss-reactive ketones (excluding diaryl/α,β-unsaturated/α-hetero) is 1. The summed E-state index contributed by atoms with van der Waals surface area (Å²) in [6, 6.07) is 21.2. The smallest absolute Gasteiger partial charge is 0.278 e. The first-order chi connectivity index (χ1) is 20.6. The number of aromatic nitrogens is 1. The Hall–Kier alpha value is -4.98. The maximum absolute atomic E-state index is 16.3. The summed E-state index contributed by atoms with van der Waals surface area (Å²) in [6.07, 6.45) is 2.20. The van der Waals surface area contributed by atoms with Gasteiger partial charge in [0.05, 0.1) is 11.7 Å². The molecule has 2 N–H and O–H groups in total. The Labute approximate surface area is 249 Å². The molecule has 1 aliphatic heterocycles. The SMILES string of the molecule is Cc1cccnc1C(=O)N1c2cccc(O)c2NC2=C(C(=O)CC(C)(C)C2)C1c1ccc(OCc2ccccc2)cc1F. The average Bonchev–Trinajstić information content (AvgIpc) is 3.11. The molecule has 0 fully saturated rings. The van der Waals surface area contributed by atoms with Crippen molar-refractivity contribution in [2.45, 2.75) is 46.3 Å². The van der Waals surface area contributed by atoms with Crippen molar-refractivity contribution in [2.75, 3.05) is 10.2 Å². The van der Waals surface area contributed by atoms with Gasteiger partial charge in [0.25, 0.3) is 5.91 Å². The van der Waals surface area contributed by atoms with Crippen LogP contribution in [0.3, 0.4) is 0 Å². The lowest BCUT2D eigenvalue weighted by Gasteiger charge is -2.37. The standard InChI is InChI=1S/C35H32FN3O4/c1-21-9-8-16-37-31(21)34(42)39-27-12-7-13-28(40)32(27)38-26-18-35(2,3)19-29(41)30(26)33(39)24-15-14-23(17-25(24)36)43-20-22-10-5-4-6-11-22/h4-17,33,38,40H,18-20H2,1-3H3. The number of carbonyl (C=O) groups is 2. The molecule has 1 aliphatic carbocycles. The van der Waals surface area contributed by atoms with Crippen LogP contribution in [0.25, 0.3) is 0 Å². The number of phenols is 1. The topological polar surface area (TPSA) is 91.8 Å². The van der Waals surface area contributed by atoms with Gasteiger partial charge in [0.2, 0.25) is 0 Å². The number of nitrogens with one attached hydrogen (secondary N) is 1. The Bertz CT molecular complexity index is 1770. The highest BCUT2D eigenvalue weighted by Gasteiger charge is 2.45. The van der Waals surface area contributed by atoms with E-state index in [9.17, 15) is 14.7 Å². The maximum atomic E-state index is 16.3. The number of ketones is 1. The number of aromatic hydroxyl groups is 1. The summed E-state index contributed by atoms with van der Waals surface area (Å²) in [5, 5.41) is 14.3. The van der Waals surface area contributed by atoms with E-state index in [2.05, 4.69) is 10.3 Å². The Morgan fingerprint density at radius 1 is 1.07 bits per heavy atom. The van der Waals surface area contributed by atoms with E-state index in [-0.39, 0.29) is 52.5 Å². The van der Waals surface area contributed by atoms with Crippen LogP contribution < -0.4 is 15.0 Å². The molecule has 4 aromatic rings. The van der Waals surface area contributed by atoms with Crippen molar-refractivity contribution in [1.29, 1.82) is 0 Å². The van der Waals surface area contributed by atoms with Crippen molar-refractivity contribution in [3.05, 3.63) is 125 Å². The molecule has 43 heavy (non-hydrogen) atoms. The second-order valence-electron chi connectivity index (χ2n) is 11.8. The molecular weight excluding hydrogens is 545 g/mol. The van der Waals surface area contributed by atoms with Gasteiger partial charge in [0.15, 0.2) is 5.78 Å². The largest absolute Gasteiger partial charge is 0.506 e. The molecule has 0 saturated heterocycles. The second-order valence-corrected chi connectivity index (χ2v) is 11.8. The van der Waals surface area contributed by atoms with Crippen LogP contribution in [0.2, 0.25) is 0 Å². The number of hydrogen-bond acceptors (Lipinski definition) is 6. The molecule has 3 aromatic carbocycles. The first kappa shape index (κ1) is 28.2. The van der Waals surface area contributed by atoms with E-state index in [1.165, 1.54) is 23.2 Å².